The predicted octanol–water partition coefficient (Wildman–Crippen LogP) is 2.33. The van der Waals surface area contributed by atoms with E-state index in [1.165, 1.54) is 6.20 Å². The van der Waals surface area contributed by atoms with Gasteiger partial charge in [-0.15, -0.1) is 11.3 Å². The predicted molar refractivity (Wildman–Crippen MR) is 81.4 cm³/mol. The molecule has 2 aromatic heterocycles. The summed E-state index contributed by atoms with van der Waals surface area (Å²) >= 11 is 1.57. The van der Waals surface area contributed by atoms with Crippen LogP contribution in [-0.4, -0.2) is 21.1 Å². The molecule has 0 aliphatic carbocycles. The zero-order valence-electron chi connectivity index (χ0n) is 11.0. The maximum Gasteiger partial charge on any atom is 0.269 e. The number of anilines is 1. The molecular weight excluding hydrogens is 272 g/mol. The monoisotopic (exact) mass is 286 g/mol. The molecule has 0 aliphatic heterocycles. The van der Waals surface area contributed by atoms with Crippen LogP contribution in [0.25, 0.3) is 11.0 Å². The van der Waals surface area contributed by atoms with Crippen molar-refractivity contribution >= 4 is 27.5 Å². The maximum absolute atomic E-state index is 12.0. The number of hydrogen-bond acceptors (Lipinski definition) is 5. The minimum Gasteiger partial charge on any atom is -0.362 e. The van der Waals surface area contributed by atoms with Crippen LogP contribution in [0.3, 0.4) is 0 Å². The summed E-state index contributed by atoms with van der Waals surface area (Å²) in [5.41, 5.74) is 1.57. The van der Waals surface area contributed by atoms with Gasteiger partial charge in [0.05, 0.1) is 23.8 Å². The third-order valence-corrected chi connectivity index (χ3v) is 3.89. The Hall–Kier alpha value is -2.21. The first-order valence-corrected chi connectivity index (χ1v) is 7.22. The fraction of sp³-hybridized carbons (Fsp3) is 0.214. The molecule has 0 spiro atoms. The Kier molecular flexibility index (Phi) is 3.47. The number of nitrogens with one attached hydrogen (secondary N) is 1. The van der Waals surface area contributed by atoms with Crippen molar-refractivity contribution in [2.45, 2.75) is 13.5 Å². The molecule has 3 aromatic rings. The van der Waals surface area contributed by atoms with Gasteiger partial charge in [0.1, 0.15) is 0 Å². The van der Waals surface area contributed by atoms with Crippen molar-refractivity contribution < 1.29 is 0 Å². The van der Waals surface area contributed by atoms with Gasteiger partial charge in [0.25, 0.3) is 5.56 Å². The molecule has 1 aromatic carbocycles. The molecule has 0 aliphatic rings. The molecule has 0 saturated heterocycles. The first-order valence-electron chi connectivity index (χ1n) is 6.41. The van der Waals surface area contributed by atoms with Crippen molar-refractivity contribution in [2.75, 3.05) is 11.9 Å². The van der Waals surface area contributed by atoms with E-state index in [4.69, 9.17) is 0 Å². The number of para-hydroxylation sites is 2. The van der Waals surface area contributed by atoms with Gasteiger partial charge >= 0.3 is 0 Å². The normalized spacial score (nSPS) is 10.8. The third kappa shape index (κ3) is 2.42. The van der Waals surface area contributed by atoms with Crippen LogP contribution in [0, 0.1) is 0 Å². The maximum atomic E-state index is 12.0. The molecule has 0 radical (unpaired) electrons. The van der Waals surface area contributed by atoms with Crippen molar-refractivity contribution in [2.24, 2.45) is 0 Å². The fourth-order valence-corrected chi connectivity index (χ4v) is 2.92. The second kappa shape index (κ2) is 5.42. The van der Waals surface area contributed by atoms with E-state index in [-0.39, 0.29) is 5.56 Å². The summed E-state index contributed by atoms with van der Waals surface area (Å²) in [4.78, 5) is 21.5. The lowest BCUT2D eigenvalue weighted by molar-refractivity contribution is 0.796. The Morgan fingerprint density at radius 1 is 1.25 bits per heavy atom. The Bertz CT molecular complexity index is 793. The zero-order chi connectivity index (χ0) is 13.9. The van der Waals surface area contributed by atoms with E-state index < -0.39 is 0 Å². The topological polar surface area (TPSA) is 59.8 Å². The average Bonchev–Trinajstić information content (AvgIpc) is 2.90. The van der Waals surface area contributed by atoms with Crippen molar-refractivity contribution in [3.8, 4) is 0 Å². The highest BCUT2D eigenvalue weighted by atomic mass is 32.1. The summed E-state index contributed by atoms with van der Waals surface area (Å²) in [6, 6.07) is 7.65. The average molecular weight is 286 g/mol. The number of aromatic nitrogens is 3. The summed E-state index contributed by atoms with van der Waals surface area (Å²) in [7, 11) is 0. The Morgan fingerprint density at radius 3 is 2.95 bits per heavy atom. The lowest BCUT2D eigenvalue weighted by atomic mass is 10.3. The minimum atomic E-state index is -0.0953. The molecule has 0 atom stereocenters. The lowest BCUT2D eigenvalue weighted by Gasteiger charge is -2.07. The van der Waals surface area contributed by atoms with Crippen LogP contribution in [0.5, 0.6) is 0 Å². The SMILES string of the molecule is CCNc1ncc(Cn2c(=O)cnc3ccccc32)s1. The van der Waals surface area contributed by atoms with Gasteiger partial charge in [-0.1, -0.05) is 12.1 Å². The van der Waals surface area contributed by atoms with Crippen LogP contribution in [0.1, 0.15) is 11.8 Å². The molecule has 6 heteroatoms. The highest BCUT2D eigenvalue weighted by Crippen LogP contribution is 2.19. The molecule has 0 bridgehead atoms. The third-order valence-electron chi connectivity index (χ3n) is 2.95. The summed E-state index contributed by atoms with van der Waals surface area (Å²) in [6.07, 6.45) is 3.18. The largest absolute Gasteiger partial charge is 0.362 e. The second-order valence-corrected chi connectivity index (χ2v) is 5.45. The fourth-order valence-electron chi connectivity index (χ4n) is 2.05. The molecular formula is C14H14N4OS. The summed E-state index contributed by atoms with van der Waals surface area (Å²) in [5.74, 6) is 0. The van der Waals surface area contributed by atoms with Crippen LogP contribution >= 0.6 is 11.3 Å². The van der Waals surface area contributed by atoms with Gasteiger partial charge < -0.3 is 9.88 Å². The van der Waals surface area contributed by atoms with E-state index in [1.54, 1.807) is 15.9 Å². The highest BCUT2D eigenvalue weighted by molar-refractivity contribution is 7.15. The minimum absolute atomic E-state index is 0.0953. The van der Waals surface area contributed by atoms with Gasteiger partial charge in [0.2, 0.25) is 0 Å². The highest BCUT2D eigenvalue weighted by Gasteiger charge is 2.07. The van der Waals surface area contributed by atoms with Crippen LogP contribution in [-0.2, 0) is 6.54 Å². The second-order valence-electron chi connectivity index (χ2n) is 4.33. The molecule has 2 heterocycles. The summed E-state index contributed by atoms with van der Waals surface area (Å²) in [5, 5.41) is 4.06. The van der Waals surface area contributed by atoms with Gasteiger partial charge in [-0.3, -0.25) is 4.79 Å². The zero-order valence-corrected chi connectivity index (χ0v) is 11.9. The quantitative estimate of drug-likeness (QED) is 0.799. The first-order chi connectivity index (χ1) is 9.78. The van der Waals surface area contributed by atoms with E-state index in [1.807, 2.05) is 37.4 Å². The first kappa shape index (κ1) is 12.8. The smallest absolute Gasteiger partial charge is 0.269 e. The Labute approximate surface area is 119 Å². The number of benzene rings is 1. The molecule has 1 N–H and O–H groups in total. The molecule has 20 heavy (non-hydrogen) atoms. The van der Waals surface area contributed by atoms with E-state index in [2.05, 4.69) is 15.3 Å². The van der Waals surface area contributed by atoms with Crippen molar-refractivity contribution in [3.63, 3.8) is 0 Å². The van der Waals surface area contributed by atoms with Gasteiger partial charge in [0.15, 0.2) is 5.13 Å². The van der Waals surface area contributed by atoms with E-state index in [9.17, 15) is 4.79 Å². The van der Waals surface area contributed by atoms with Gasteiger partial charge in [0, 0.05) is 17.6 Å². The van der Waals surface area contributed by atoms with Crippen LogP contribution in [0.2, 0.25) is 0 Å². The van der Waals surface area contributed by atoms with Crippen LogP contribution < -0.4 is 10.9 Å². The standard InChI is InChI=1S/C14H14N4OS/c1-2-15-14-17-7-10(20-14)9-18-12-6-4-3-5-11(12)16-8-13(18)19/h3-8H,2,9H2,1H3,(H,15,17). The van der Waals surface area contributed by atoms with Crippen LogP contribution in [0.4, 0.5) is 5.13 Å². The molecule has 5 nitrogen and oxygen atoms in total. The molecule has 0 amide bonds. The van der Waals surface area contributed by atoms with Crippen LogP contribution in [0.15, 0.2) is 41.5 Å². The Morgan fingerprint density at radius 2 is 2.10 bits per heavy atom. The van der Waals surface area contributed by atoms with E-state index >= 15 is 0 Å². The Balaban J connectivity index is 2.01. The molecule has 102 valence electrons. The van der Waals surface area contributed by atoms with E-state index in [0.29, 0.717) is 6.54 Å². The van der Waals surface area contributed by atoms with Gasteiger partial charge in [-0.05, 0) is 19.1 Å². The van der Waals surface area contributed by atoms with Crippen molar-refractivity contribution in [3.05, 3.63) is 51.9 Å². The number of hydrogen-bond donors (Lipinski definition) is 1. The molecule has 0 fully saturated rings. The number of fused-ring (bicyclic) bond motifs is 1. The van der Waals surface area contributed by atoms with E-state index in [0.717, 1.165) is 27.6 Å². The van der Waals surface area contributed by atoms with Crippen molar-refractivity contribution in [1.29, 1.82) is 0 Å². The van der Waals surface area contributed by atoms with Gasteiger partial charge in [-0.25, -0.2) is 9.97 Å². The van der Waals surface area contributed by atoms with Crippen molar-refractivity contribution in [1.82, 2.24) is 14.5 Å². The number of thiazole rings is 1. The number of rotatable bonds is 4. The lowest BCUT2D eigenvalue weighted by Crippen LogP contribution is -2.20. The molecule has 0 saturated carbocycles. The van der Waals surface area contributed by atoms with Gasteiger partial charge in [-0.2, -0.15) is 0 Å². The number of nitrogens with zero attached hydrogens (tertiary/aromatic N) is 3. The summed E-state index contributed by atoms with van der Waals surface area (Å²) < 4.78 is 1.73. The molecule has 3 rings (SSSR count). The molecule has 0 unspecified atom stereocenters. The summed E-state index contributed by atoms with van der Waals surface area (Å²) in [6.45, 7) is 3.39.